The Bertz CT molecular complexity index is 207. The minimum absolute atomic E-state index is 0.562. The van der Waals surface area contributed by atoms with Gasteiger partial charge in [0.1, 0.15) is 0 Å². The van der Waals surface area contributed by atoms with Crippen molar-refractivity contribution in [2.45, 2.75) is 80.8 Å². The van der Waals surface area contributed by atoms with Gasteiger partial charge in [0.25, 0.3) is 0 Å². The van der Waals surface area contributed by atoms with Crippen molar-refractivity contribution in [1.82, 2.24) is 0 Å². The Morgan fingerprint density at radius 2 is 1.56 bits per heavy atom. The van der Waals surface area contributed by atoms with Crippen LogP contribution in [0.3, 0.4) is 0 Å². The van der Waals surface area contributed by atoms with Crippen molar-refractivity contribution in [2.24, 2.45) is 5.92 Å². The van der Waals surface area contributed by atoms with Crippen LogP contribution in [0.5, 0.6) is 0 Å². The van der Waals surface area contributed by atoms with Crippen LogP contribution < -0.4 is 0 Å². The smallest absolute Gasteiger partial charge is 0.0696 e. The lowest BCUT2D eigenvalue weighted by Crippen LogP contribution is -2.36. The molecule has 2 saturated carbocycles. The van der Waals surface area contributed by atoms with Crippen LogP contribution in [0.25, 0.3) is 0 Å². The molecule has 1 nitrogen and oxygen atoms in total. The molecule has 0 aromatic rings. The summed E-state index contributed by atoms with van der Waals surface area (Å²) in [7, 11) is 0. The molecule has 16 heavy (non-hydrogen) atoms. The summed E-state index contributed by atoms with van der Waals surface area (Å²) in [5.41, 5.74) is 0. The van der Waals surface area contributed by atoms with Gasteiger partial charge >= 0.3 is 0 Å². The van der Waals surface area contributed by atoms with Crippen molar-refractivity contribution in [3.05, 3.63) is 0 Å². The molecular formula is C14H25IO. The maximum Gasteiger partial charge on any atom is 0.0696 e. The Hall–Kier alpha value is 0.690. The van der Waals surface area contributed by atoms with E-state index in [4.69, 9.17) is 4.74 Å². The van der Waals surface area contributed by atoms with E-state index in [2.05, 4.69) is 29.5 Å². The molecule has 2 heteroatoms. The first-order valence-electron chi connectivity index (χ1n) is 7.10. The summed E-state index contributed by atoms with van der Waals surface area (Å²) >= 11 is 2.61. The Morgan fingerprint density at radius 3 is 2.25 bits per heavy atom. The van der Waals surface area contributed by atoms with E-state index in [1.54, 1.807) is 0 Å². The van der Waals surface area contributed by atoms with Crippen molar-refractivity contribution in [3.8, 4) is 0 Å². The minimum Gasteiger partial charge on any atom is -0.374 e. The molecule has 0 N–H and O–H groups in total. The first-order valence-corrected chi connectivity index (χ1v) is 8.35. The van der Waals surface area contributed by atoms with Crippen molar-refractivity contribution < 1.29 is 4.74 Å². The topological polar surface area (TPSA) is 9.23 Å². The van der Waals surface area contributed by atoms with E-state index in [0.29, 0.717) is 12.2 Å². The molecule has 0 spiro atoms. The quantitative estimate of drug-likeness (QED) is 0.535. The van der Waals surface area contributed by atoms with Crippen molar-refractivity contribution in [3.63, 3.8) is 0 Å². The van der Waals surface area contributed by atoms with Gasteiger partial charge in [-0.3, -0.25) is 0 Å². The van der Waals surface area contributed by atoms with Crippen LogP contribution in [0.4, 0.5) is 0 Å². The predicted octanol–water partition coefficient (Wildman–Crippen LogP) is 4.72. The second-order valence-electron chi connectivity index (χ2n) is 5.47. The van der Waals surface area contributed by atoms with E-state index in [9.17, 15) is 0 Å². The number of hydrogen-bond acceptors (Lipinski definition) is 1. The zero-order valence-electron chi connectivity index (χ0n) is 10.5. The van der Waals surface area contributed by atoms with E-state index in [-0.39, 0.29) is 0 Å². The third-order valence-corrected chi connectivity index (χ3v) is 5.76. The maximum absolute atomic E-state index is 6.44. The van der Waals surface area contributed by atoms with Gasteiger partial charge in [-0.25, -0.2) is 0 Å². The fourth-order valence-electron chi connectivity index (χ4n) is 3.25. The molecule has 0 aromatic carbocycles. The molecule has 0 radical (unpaired) electrons. The highest BCUT2D eigenvalue weighted by molar-refractivity contribution is 14.1. The Balaban J connectivity index is 1.86. The molecule has 0 aromatic heterocycles. The Kier molecular flexibility index (Phi) is 5.40. The summed E-state index contributed by atoms with van der Waals surface area (Å²) in [6, 6.07) is 0. The monoisotopic (exact) mass is 336 g/mol. The number of ether oxygens (including phenoxy) is 1. The average Bonchev–Trinajstić information content (AvgIpc) is 2.33. The van der Waals surface area contributed by atoms with Crippen LogP contribution in [-0.2, 0) is 4.74 Å². The molecule has 0 amide bonds. The summed E-state index contributed by atoms with van der Waals surface area (Å²) in [5.74, 6) is 0.847. The molecule has 94 valence electrons. The zero-order valence-corrected chi connectivity index (χ0v) is 12.6. The van der Waals surface area contributed by atoms with Crippen LogP contribution in [0.1, 0.15) is 64.7 Å². The summed E-state index contributed by atoms with van der Waals surface area (Å²) in [5, 5.41) is 0. The number of rotatable bonds is 3. The lowest BCUT2D eigenvalue weighted by Gasteiger charge is -2.37. The molecule has 2 aliphatic carbocycles. The fourth-order valence-corrected chi connectivity index (χ4v) is 4.22. The fraction of sp³-hybridized carbons (Fsp3) is 1.00. The number of hydrogen-bond donors (Lipinski definition) is 0. The van der Waals surface area contributed by atoms with Crippen LogP contribution in [0.2, 0.25) is 0 Å². The number of halogens is 1. The summed E-state index contributed by atoms with van der Waals surface area (Å²) in [6.07, 6.45) is 13.5. The average molecular weight is 336 g/mol. The normalized spacial score (nSPS) is 40.9. The molecule has 2 fully saturated rings. The Labute approximate surface area is 114 Å². The maximum atomic E-state index is 6.44. The van der Waals surface area contributed by atoms with Gasteiger partial charge in [0, 0.05) is 3.92 Å². The van der Waals surface area contributed by atoms with Gasteiger partial charge in [-0.15, -0.1) is 0 Å². The van der Waals surface area contributed by atoms with Gasteiger partial charge in [0.2, 0.25) is 0 Å². The lowest BCUT2D eigenvalue weighted by atomic mass is 9.84. The van der Waals surface area contributed by atoms with Crippen molar-refractivity contribution in [1.29, 1.82) is 0 Å². The SMILES string of the molecule is CCC1CCCCC1OC1CCCCC1I. The standard InChI is InChI=1S/C14H25IO/c1-2-11-7-3-5-9-13(11)16-14-10-6-4-8-12(14)15/h11-14H,2-10H2,1H3. The summed E-state index contributed by atoms with van der Waals surface area (Å²) in [4.78, 5) is 0. The van der Waals surface area contributed by atoms with Gasteiger partial charge in [0.05, 0.1) is 12.2 Å². The number of alkyl halides is 1. The largest absolute Gasteiger partial charge is 0.374 e. The van der Waals surface area contributed by atoms with Gasteiger partial charge in [-0.1, -0.05) is 61.6 Å². The van der Waals surface area contributed by atoms with Gasteiger partial charge < -0.3 is 4.74 Å². The van der Waals surface area contributed by atoms with E-state index in [0.717, 1.165) is 9.84 Å². The van der Waals surface area contributed by atoms with Crippen LogP contribution >= 0.6 is 22.6 Å². The highest BCUT2D eigenvalue weighted by Crippen LogP contribution is 2.34. The molecule has 2 aliphatic rings. The molecule has 0 aliphatic heterocycles. The highest BCUT2D eigenvalue weighted by atomic mass is 127. The van der Waals surface area contributed by atoms with E-state index in [1.807, 2.05) is 0 Å². The van der Waals surface area contributed by atoms with Gasteiger partial charge in [0.15, 0.2) is 0 Å². The second kappa shape index (κ2) is 6.58. The molecule has 4 unspecified atom stereocenters. The van der Waals surface area contributed by atoms with Crippen molar-refractivity contribution >= 4 is 22.6 Å². The lowest BCUT2D eigenvalue weighted by molar-refractivity contribution is -0.0682. The summed E-state index contributed by atoms with van der Waals surface area (Å²) in [6.45, 7) is 2.33. The third-order valence-electron chi connectivity index (χ3n) is 4.34. The molecule has 4 atom stereocenters. The zero-order chi connectivity index (χ0) is 11.4. The highest BCUT2D eigenvalue weighted by Gasteiger charge is 2.30. The predicted molar refractivity (Wildman–Crippen MR) is 77.2 cm³/mol. The Morgan fingerprint density at radius 1 is 0.938 bits per heavy atom. The van der Waals surface area contributed by atoms with Crippen LogP contribution in [0, 0.1) is 5.92 Å². The first kappa shape index (κ1) is 13.1. The first-order chi connectivity index (χ1) is 7.81. The van der Waals surface area contributed by atoms with Gasteiger partial charge in [-0.2, -0.15) is 0 Å². The molecule has 0 heterocycles. The van der Waals surface area contributed by atoms with E-state index >= 15 is 0 Å². The van der Waals surface area contributed by atoms with Crippen molar-refractivity contribution in [2.75, 3.05) is 0 Å². The van der Waals surface area contributed by atoms with E-state index < -0.39 is 0 Å². The molecule has 0 bridgehead atoms. The minimum atomic E-state index is 0.562. The molecule has 0 saturated heterocycles. The second-order valence-corrected chi connectivity index (χ2v) is 7.07. The van der Waals surface area contributed by atoms with Crippen LogP contribution in [-0.4, -0.2) is 16.1 Å². The summed E-state index contributed by atoms with van der Waals surface area (Å²) < 4.78 is 7.21. The third kappa shape index (κ3) is 3.34. The van der Waals surface area contributed by atoms with Crippen LogP contribution in [0.15, 0.2) is 0 Å². The molecular weight excluding hydrogens is 311 g/mol. The van der Waals surface area contributed by atoms with Gasteiger partial charge in [-0.05, 0) is 31.6 Å². The van der Waals surface area contributed by atoms with E-state index in [1.165, 1.54) is 57.8 Å². The molecule has 2 rings (SSSR count).